The van der Waals surface area contributed by atoms with Crippen molar-refractivity contribution in [2.24, 2.45) is 0 Å². The van der Waals surface area contributed by atoms with Crippen LogP contribution in [0.4, 0.5) is 11.4 Å². The predicted octanol–water partition coefficient (Wildman–Crippen LogP) is 4.64. The standard InChI is InChI=1S/C25H25N3O2/c1-3-27(4-2)19-15-13-18(14-16-19)26-24(29)17-28-22-11-7-5-9-20(22)25(30)21-10-6-8-12-23(21)28/h5-16H,3-4,17H2,1-2H3,(H,26,29). The molecule has 5 heteroatoms. The summed E-state index contributed by atoms with van der Waals surface area (Å²) in [5, 5.41) is 4.22. The van der Waals surface area contributed by atoms with Crippen LogP contribution in [0.25, 0.3) is 21.8 Å². The molecule has 4 rings (SSSR count). The maximum atomic E-state index is 12.9. The van der Waals surface area contributed by atoms with E-state index in [-0.39, 0.29) is 17.9 Å². The molecule has 30 heavy (non-hydrogen) atoms. The van der Waals surface area contributed by atoms with Crippen molar-refractivity contribution in [1.82, 2.24) is 4.57 Å². The normalized spacial score (nSPS) is 11.0. The van der Waals surface area contributed by atoms with Crippen LogP contribution in [0.15, 0.2) is 77.6 Å². The molecule has 3 aromatic carbocycles. The average molecular weight is 399 g/mol. The van der Waals surface area contributed by atoms with Gasteiger partial charge in [0.2, 0.25) is 5.91 Å². The fourth-order valence-corrected chi connectivity index (χ4v) is 3.94. The van der Waals surface area contributed by atoms with Crippen molar-refractivity contribution in [2.75, 3.05) is 23.3 Å². The van der Waals surface area contributed by atoms with Crippen LogP contribution in [0, 0.1) is 0 Å². The van der Waals surface area contributed by atoms with Gasteiger partial charge in [0.15, 0.2) is 5.43 Å². The van der Waals surface area contributed by atoms with Gasteiger partial charge in [0.05, 0.1) is 11.0 Å². The summed E-state index contributed by atoms with van der Waals surface area (Å²) < 4.78 is 1.91. The van der Waals surface area contributed by atoms with E-state index >= 15 is 0 Å². The summed E-state index contributed by atoms with van der Waals surface area (Å²) >= 11 is 0. The first-order valence-corrected chi connectivity index (χ1v) is 10.3. The van der Waals surface area contributed by atoms with Gasteiger partial charge in [0.1, 0.15) is 6.54 Å². The Morgan fingerprint density at radius 2 is 1.37 bits per heavy atom. The first kappa shape index (κ1) is 19.7. The van der Waals surface area contributed by atoms with E-state index in [4.69, 9.17) is 0 Å². The quantitative estimate of drug-likeness (QED) is 0.481. The number of rotatable bonds is 6. The highest BCUT2D eigenvalue weighted by Crippen LogP contribution is 2.20. The summed E-state index contributed by atoms with van der Waals surface area (Å²) in [6.07, 6.45) is 0. The van der Waals surface area contributed by atoms with Gasteiger partial charge < -0.3 is 14.8 Å². The minimum atomic E-state index is -0.135. The monoisotopic (exact) mass is 399 g/mol. The molecule has 152 valence electrons. The Morgan fingerprint density at radius 1 is 0.833 bits per heavy atom. The number of benzene rings is 3. The van der Waals surface area contributed by atoms with Crippen molar-refractivity contribution in [3.8, 4) is 0 Å². The van der Waals surface area contributed by atoms with Gasteiger partial charge in [-0.1, -0.05) is 24.3 Å². The fourth-order valence-electron chi connectivity index (χ4n) is 3.94. The second kappa shape index (κ2) is 8.41. The summed E-state index contributed by atoms with van der Waals surface area (Å²) in [5.41, 5.74) is 3.40. The van der Waals surface area contributed by atoms with Gasteiger partial charge in [-0.15, -0.1) is 0 Å². The third-order valence-electron chi connectivity index (χ3n) is 5.46. The number of hydrogen-bond acceptors (Lipinski definition) is 3. The maximum Gasteiger partial charge on any atom is 0.244 e. The van der Waals surface area contributed by atoms with E-state index < -0.39 is 0 Å². The molecule has 0 saturated carbocycles. The SMILES string of the molecule is CCN(CC)c1ccc(NC(=O)Cn2c3ccccc3c(=O)c3ccccc32)cc1. The predicted molar refractivity (Wildman–Crippen MR) is 124 cm³/mol. The van der Waals surface area contributed by atoms with E-state index in [1.54, 1.807) is 0 Å². The molecule has 0 unspecified atom stereocenters. The molecule has 0 aliphatic heterocycles. The fraction of sp³-hybridized carbons (Fsp3) is 0.200. The van der Waals surface area contributed by atoms with Gasteiger partial charge in [0.25, 0.3) is 0 Å². The number of carbonyl (C=O) groups is 1. The van der Waals surface area contributed by atoms with Crippen molar-refractivity contribution >= 4 is 39.1 Å². The number of amides is 1. The lowest BCUT2D eigenvalue weighted by Gasteiger charge is -2.21. The highest BCUT2D eigenvalue weighted by Gasteiger charge is 2.13. The Bertz CT molecular complexity index is 1200. The molecule has 5 nitrogen and oxygen atoms in total. The second-order valence-corrected chi connectivity index (χ2v) is 7.22. The highest BCUT2D eigenvalue weighted by molar-refractivity contribution is 5.97. The molecule has 0 aliphatic carbocycles. The number of anilines is 2. The van der Waals surface area contributed by atoms with Gasteiger partial charge in [0, 0.05) is 35.2 Å². The minimum absolute atomic E-state index is 0.00940. The number of pyridine rings is 1. The molecule has 0 radical (unpaired) electrons. The van der Waals surface area contributed by atoms with Gasteiger partial charge >= 0.3 is 0 Å². The van der Waals surface area contributed by atoms with E-state index in [2.05, 4.69) is 24.1 Å². The van der Waals surface area contributed by atoms with Crippen LogP contribution in [0.2, 0.25) is 0 Å². The zero-order valence-corrected chi connectivity index (χ0v) is 17.3. The van der Waals surface area contributed by atoms with Crippen LogP contribution >= 0.6 is 0 Å². The molecule has 0 aliphatic rings. The van der Waals surface area contributed by atoms with Gasteiger partial charge in [-0.3, -0.25) is 9.59 Å². The number of aromatic nitrogens is 1. The number of hydrogen-bond donors (Lipinski definition) is 1. The van der Waals surface area contributed by atoms with E-state index in [0.29, 0.717) is 10.8 Å². The molecule has 4 aromatic rings. The Hall–Kier alpha value is -3.60. The lowest BCUT2D eigenvalue weighted by atomic mass is 10.1. The van der Waals surface area contributed by atoms with Gasteiger partial charge in [-0.05, 0) is 62.4 Å². The summed E-state index contributed by atoms with van der Waals surface area (Å²) in [7, 11) is 0. The summed E-state index contributed by atoms with van der Waals surface area (Å²) in [5.74, 6) is -0.135. The molecule has 1 N–H and O–H groups in total. The van der Waals surface area contributed by atoms with Crippen LogP contribution in [0.1, 0.15) is 13.8 Å². The molecule has 1 aromatic heterocycles. The van der Waals surface area contributed by atoms with E-state index in [9.17, 15) is 9.59 Å². The Kier molecular flexibility index (Phi) is 5.53. The van der Waals surface area contributed by atoms with Crippen molar-refractivity contribution in [1.29, 1.82) is 0 Å². The number of nitrogens with zero attached hydrogens (tertiary/aromatic N) is 2. The first-order chi connectivity index (χ1) is 14.6. The summed E-state index contributed by atoms with van der Waals surface area (Å²) in [4.78, 5) is 28.0. The molecule has 0 fully saturated rings. The van der Waals surface area contributed by atoms with Gasteiger partial charge in [-0.2, -0.15) is 0 Å². The largest absolute Gasteiger partial charge is 0.372 e. The first-order valence-electron chi connectivity index (χ1n) is 10.3. The molecule has 1 heterocycles. The average Bonchev–Trinajstić information content (AvgIpc) is 2.78. The zero-order valence-electron chi connectivity index (χ0n) is 17.3. The van der Waals surface area contributed by atoms with E-state index in [0.717, 1.165) is 35.5 Å². The third-order valence-corrected chi connectivity index (χ3v) is 5.46. The number of carbonyl (C=O) groups excluding carboxylic acids is 1. The Morgan fingerprint density at radius 3 is 1.90 bits per heavy atom. The third kappa shape index (κ3) is 3.66. The lowest BCUT2D eigenvalue weighted by molar-refractivity contribution is -0.116. The maximum absolute atomic E-state index is 12.9. The minimum Gasteiger partial charge on any atom is -0.372 e. The van der Waals surface area contributed by atoms with Gasteiger partial charge in [-0.25, -0.2) is 0 Å². The van der Waals surface area contributed by atoms with Crippen LogP contribution in [-0.4, -0.2) is 23.6 Å². The molecule has 0 saturated heterocycles. The molecule has 1 amide bonds. The second-order valence-electron chi connectivity index (χ2n) is 7.22. The van der Waals surface area contributed by atoms with Crippen molar-refractivity contribution in [3.63, 3.8) is 0 Å². The summed E-state index contributed by atoms with van der Waals surface area (Å²) in [6.45, 7) is 6.25. The lowest BCUT2D eigenvalue weighted by Crippen LogP contribution is -2.22. The number of nitrogens with one attached hydrogen (secondary N) is 1. The van der Waals surface area contributed by atoms with Crippen LogP contribution in [0.5, 0.6) is 0 Å². The molecular formula is C25H25N3O2. The van der Waals surface area contributed by atoms with Crippen LogP contribution in [-0.2, 0) is 11.3 Å². The molecular weight excluding hydrogens is 374 g/mol. The zero-order chi connectivity index (χ0) is 21.1. The van der Waals surface area contributed by atoms with E-state index in [1.165, 1.54) is 0 Å². The van der Waals surface area contributed by atoms with Crippen LogP contribution < -0.4 is 15.6 Å². The van der Waals surface area contributed by atoms with Crippen molar-refractivity contribution in [3.05, 3.63) is 83.0 Å². The van der Waals surface area contributed by atoms with Crippen molar-refractivity contribution < 1.29 is 4.79 Å². The summed E-state index contributed by atoms with van der Waals surface area (Å²) in [6, 6.07) is 22.7. The number of fused-ring (bicyclic) bond motifs is 2. The Labute approximate surface area is 175 Å². The smallest absolute Gasteiger partial charge is 0.244 e. The molecule has 0 bridgehead atoms. The highest BCUT2D eigenvalue weighted by atomic mass is 16.2. The molecule has 0 spiro atoms. The van der Waals surface area contributed by atoms with Crippen molar-refractivity contribution in [2.45, 2.75) is 20.4 Å². The molecule has 0 atom stereocenters. The Balaban J connectivity index is 1.65. The topological polar surface area (TPSA) is 54.3 Å². The number of para-hydroxylation sites is 2. The van der Waals surface area contributed by atoms with E-state index in [1.807, 2.05) is 77.4 Å². The van der Waals surface area contributed by atoms with Crippen LogP contribution in [0.3, 0.4) is 0 Å².